The second-order valence-electron chi connectivity index (χ2n) is 5.51. The molecule has 0 saturated heterocycles. The van der Waals surface area contributed by atoms with Crippen molar-refractivity contribution in [2.24, 2.45) is 11.8 Å². The normalized spacial score (nSPS) is 13.9. The predicted molar refractivity (Wildman–Crippen MR) is 75.6 cm³/mol. The topological polar surface area (TPSA) is 46.5 Å². The second-order valence-corrected chi connectivity index (χ2v) is 5.51. The Morgan fingerprint density at radius 2 is 1.70 bits per heavy atom. The molecule has 1 aromatic rings. The molecule has 0 radical (unpaired) electrons. The molecule has 1 N–H and O–H groups in total. The van der Waals surface area contributed by atoms with Crippen molar-refractivity contribution >= 4 is 5.78 Å². The molecule has 0 aromatic heterocycles. The molecule has 1 aromatic carbocycles. The number of hydrogen-bond donors (Lipinski definition) is 1. The maximum Gasteiger partial charge on any atom is 0.181 e. The van der Waals surface area contributed by atoms with Crippen molar-refractivity contribution < 1.29 is 55.0 Å². The number of ketones is 1. The fourth-order valence-electron chi connectivity index (χ4n) is 1.74. The van der Waals surface area contributed by atoms with E-state index in [0.29, 0.717) is 12.0 Å². The minimum Gasteiger partial charge on any atom is -0.364 e. The van der Waals surface area contributed by atoms with Crippen LogP contribution in [0.15, 0.2) is 30.3 Å². The molecule has 1 unspecified atom stereocenters. The SMILES string of the molecule is CC(C)C(=O)C[C@H](OC(O)c1ccccc1)C(C)C.[Sm]. The van der Waals surface area contributed by atoms with Crippen molar-refractivity contribution in [3.05, 3.63) is 35.9 Å². The Morgan fingerprint density at radius 1 is 1.15 bits per heavy atom. The molecule has 0 bridgehead atoms. The molecular formula is C16H24O3Sm. The number of carbonyl (C=O) groups excluding carboxylic acids is 1. The largest absolute Gasteiger partial charge is 0.364 e. The Bertz CT molecular complexity index is 390. The van der Waals surface area contributed by atoms with E-state index in [1.165, 1.54) is 0 Å². The summed E-state index contributed by atoms with van der Waals surface area (Å²) >= 11 is 0. The van der Waals surface area contributed by atoms with Crippen molar-refractivity contribution in [3.8, 4) is 0 Å². The maximum atomic E-state index is 11.8. The van der Waals surface area contributed by atoms with E-state index < -0.39 is 6.29 Å². The van der Waals surface area contributed by atoms with E-state index in [1.807, 2.05) is 58.0 Å². The van der Waals surface area contributed by atoms with Gasteiger partial charge >= 0.3 is 0 Å². The van der Waals surface area contributed by atoms with Gasteiger partial charge in [0.15, 0.2) is 6.29 Å². The Balaban J connectivity index is 0.00000361. The molecule has 2 atom stereocenters. The van der Waals surface area contributed by atoms with Crippen LogP contribution in [0.5, 0.6) is 0 Å². The standard InChI is InChI=1S/C16H24O3.Sm/c1-11(2)14(17)10-15(12(3)4)19-16(18)13-8-6-5-7-9-13;/h5-9,11-12,15-16,18H,10H2,1-4H3;/t15-,16?;/m0./s1. The summed E-state index contributed by atoms with van der Waals surface area (Å²) in [6.07, 6.45) is -0.891. The summed E-state index contributed by atoms with van der Waals surface area (Å²) in [6.45, 7) is 7.76. The fourth-order valence-corrected chi connectivity index (χ4v) is 1.74. The summed E-state index contributed by atoms with van der Waals surface area (Å²) in [5, 5.41) is 10.1. The zero-order valence-electron chi connectivity index (χ0n) is 12.6. The van der Waals surface area contributed by atoms with Gasteiger partial charge in [0.1, 0.15) is 5.78 Å². The first-order valence-corrected chi connectivity index (χ1v) is 6.83. The number of aliphatic hydroxyl groups is 1. The van der Waals surface area contributed by atoms with Gasteiger partial charge in [0.05, 0.1) is 6.10 Å². The van der Waals surface area contributed by atoms with Gasteiger partial charge in [-0.25, -0.2) is 0 Å². The van der Waals surface area contributed by atoms with Crippen LogP contribution in [-0.4, -0.2) is 17.0 Å². The zero-order valence-corrected chi connectivity index (χ0v) is 15.2. The Kier molecular flexibility index (Phi) is 10.0. The third-order valence-electron chi connectivity index (χ3n) is 3.18. The number of carbonyl (C=O) groups is 1. The van der Waals surface area contributed by atoms with Crippen LogP contribution in [0.4, 0.5) is 0 Å². The molecule has 0 fully saturated rings. The van der Waals surface area contributed by atoms with Crippen molar-refractivity contribution in [3.63, 3.8) is 0 Å². The van der Waals surface area contributed by atoms with E-state index in [1.54, 1.807) is 0 Å². The van der Waals surface area contributed by atoms with Crippen LogP contribution in [0, 0.1) is 52.2 Å². The third-order valence-corrected chi connectivity index (χ3v) is 3.18. The molecular weight excluding hydrogens is 391 g/mol. The van der Waals surface area contributed by atoms with Gasteiger partial charge in [0, 0.05) is 58.3 Å². The molecule has 0 saturated carbocycles. The summed E-state index contributed by atoms with van der Waals surface area (Å²) in [4.78, 5) is 11.8. The molecule has 0 spiro atoms. The van der Waals surface area contributed by atoms with Gasteiger partial charge in [-0.2, -0.15) is 0 Å². The first-order chi connectivity index (χ1) is 8.91. The summed E-state index contributed by atoms with van der Waals surface area (Å²) < 4.78 is 5.65. The monoisotopic (exact) mass is 416 g/mol. The molecule has 112 valence electrons. The van der Waals surface area contributed by atoms with Crippen LogP contribution in [0.2, 0.25) is 0 Å². The number of ether oxygens (including phenoxy) is 1. The summed E-state index contributed by atoms with van der Waals surface area (Å²) in [7, 11) is 0. The Hall–Kier alpha value is 0.148. The van der Waals surface area contributed by atoms with Gasteiger partial charge in [-0.05, 0) is 5.92 Å². The average Bonchev–Trinajstić information content (AvgIpc) is 2.38. The second kappa shape index (κ2) is 9.97. The zero-order chi connectivity index (χ0) is 14.4. The van der Waals surface area contributed by atoms with Crippen LogP contribution in [0.1, 0.15) is 46.0 Å². The number of Topliss-reactive ketones (excluding diaryl/α,β-unsaturated/α-hetero) is 1. The van der Waals surface area contributed by atoms with E-state index in [9.17, 15) is 9.90 Å². The van der Waals surface area contributed by atoms with Crippen LogP contribution < -0.4 is 0 Å². The molecule has 1 rings (SSSR count). The van der Waals surface area contributed by atoms with Crippen molar-refractivity contribution in [2.45, 2.75) is 46.5 Å². The van der Waals surface area contributed by atoms with Gasteiger partial charge < -0.3 is 9.84 Å². The third kappa shape index (κ3) is 6.74. The average molecular weight is 415 g/mol. The van der Waals surface area contributed by atoms with Crippen molar-refractivity contribution in [2.75, 3.05) is 0 Å². The summed E-state index contributed by atoms with van der Waals surface area (Å²) in [5.74, 6) is 0.346. The van der Waals surface area contributed by atoms with Gasteiger partial charge in [0.2, 0.25) is 0 Å². The molecule has 0 heterocycles. The predicted octanol–water partition coefficient (Wildman–Crippen LogP) is 3.33. The van der Waals surface area contributed by atoms with Crippen molar-refractivity contribution in [1.29, 1.82) is 0 Å². The van der Waals surface area contributed by atoms with Gasteiger partial charge in [0.25, 0.3) is 0 Å². The number of aliphatic hydroxyl groups excluding tert-OH is 1. The van der Waals surface area contributed by atoms with E-state index in [-0.39, 0.29) is 64.1 Å². The molecule has 20 heavy (non-hydrogen) atoms. The van der Waals surface area contributed by atoms with Crippen LogP contribution >= 0.6 is 0 Å². The Morgan fingerprint density at radius 3 is 2.15 bits per heavy atom. The van der Waals surface area contributed by atoms with E-state index >= 15 is 0 Å². The maximum absolute atomic E-state index is 11.8. The van der Waals surface area contributed by atoms with Crippen LogP contribution in [0.25, 0.3) is 0 Å². The fraction of sp³-hybridized carbons (Fsp3) is 0.562. The molecule has 0 amide bonds. The van der Waals surface area contributed by atoms with E-state index in [4.69, 9.17) is 4.74 Å². The smallest absolute Gasteiger partial charge is 0.181 e. The number of rotatable bonds is 7. The van der Waals surface area contributed by atoms with Gasteiger partial charge in [-0.15, -0.1) is 0 Å². The molecule has 3 nitrogen and oxygen atoms in total. The van der Waals surface area contributed by atoms with Crippen molar-refractivity contribution in [1.82, 2.24) is 0 Å². The van der Waals surface area contributed by atoms with Crippen LogP contribution in [0.3, 0.4) is 0 Å². The van der Waals surface area contributed by atoms with E-state index in [0.717, 1.165) is 0 Å². The van der Waals surface area contributed by atoms with Crippen LogP contribution in [-0.2, 0) is 9.53 Å². The quantitative estimate of drug-likeness (QED) is 0.696. The molecule has 0 aliphatic rings. The minimum absolute atomic E-state index is 0. The Labute approximate surface area is 154 Å². The molecule has 4 heteroatoms. The first kappa shape index (κ1) is 20.1. The number of benzene rings is 1. The van der Waals surface area contributed by atoms with E-state index in [2.05, 4.69) is 0 Å². The number of hydrogen-bond acceptors (Lipinski definition) is 3. The summed E-state index contributed by atoms with van der Waals surface area (Å²) in [6, 6.07) is 9.22. The minimum atomic E-state index is -0.978. The molecule has 0 aliphatic carbocycles. The summed E-state index contributed by atoms with van der Waals surface area (Å²) in [5.41, 5.74) is 0.713. The van der Waals surface area contributed by atoms with Gasteiger partial charge in [-0.1, -0.05) is 58.0 Å². The first-order valence-electron chi connectivity index (χ1n) is 6.83. The van der Waals surface area contributed by atoms with Gasteiger partial charge in [-0.3, -0.25) is 4.79 Å². The molecule has 0 aliphatic heterocycles.